The van der Waals surface area contributed by atoms with Gasteiger partial charge in [0.05, 0.1) is 16.7 Å². The number of benzene rings is 2. The van der Waals surface area contributed by atoms with Crippen molar-refractivity contribution in [3.8, 4) is 33.5 Å². The predicted octanol–water partition coefficient (Wildman–Crippen LogP) is 7.09. The van der Waals surface area contributed by atoms with Crippen molar-refractivity contribution in [2.24, 2.45) is 7.05 Å². The molecule has 5 rings (SSSR count). The van der Waals surface area contributed by atoms with Gasteiger partial charge >= 0.3 is 0 Å². The molecule has 3 heterocycles. The molecular formula is C29H26F2N4. The van der Waals surface area contributed by atoms with E-state index >= 15 is 0 Å². The van der Waals surface area contributed by atoms with Crippen LogP contribution in [-0.4, -0.2) is 28.1 Å². The number of aryl methyl sites for hydroxylation is 1. The van der Waals surface area contributed by atoms with Gasteiger partial charge in [-0.05, 0) is 66.1 Å². The third kappa shape index (κ3) is 4.16. The molecule has 0 amide bonds. The number of nitrogens with zero attached hydrogens (tertiary/aromatic N) is 4. The lowest BCUT2D eigenvalue weighted by atomic mass is 9.90. The zero-order valence-electron chi connectivity index (χ0n) is 20.0. The SMILES string of the molecule is CCCN(C)c1cc2nc(-c3ccc(F)cc3)c(-c3ccncc3)c(-c3ccc(F)cc3)c2n1C. The first kappa shape index (κ1) is 22.7. The minimum absolute atomic E-state index is 0.293. The Labute approximate surface area is 203 Å². The molecule has 0 saturated carbocycles. The van der Waals surface area contributed by atoms with Crippen molar-refractivity contribution in [1.82, 2.24) is 14.5 Å². The van der Waals surface area contributed by atoms with E-state index in [1.807, 2.05) is 19.2 Å². The summed E-state index contributed by atoms with van der Waals surface area (Å²) in [7, 11) is 4.10. The lowest BCUT2D eigenvalue weighted by Crippen LogP contribution is -2.20. The minimum Gasteiger partial charge on any atom is -0.361 e. The minimum atomic E-state index is -0.303. The van der Waals surface area contributed by atoms with Crippen molar-refractivity contribution in [1.29, 1.82) is 0 Å². The zero-order valence-corrected chi connectivity index (χ0v) is 20.0. The second-order valence-corrected chi connectivity index (χ2v) is 8.68. The lowest BCUT2D eigenvalue weighted by molar-refractivity contribution is 0.627. The third-order valence-electron chi connectivity index (χ3n) is 6.31. The van der Waals surface area contributed by atoms with Crippen LogP contribution in [0.25, 0.3) is 44.5 Å². The molecule has 2 aromatic carbocycles. The number of halogens is 2. The van der Waals surface area contributed by atoms with Crippen LogP contribution in [0.1, 0.15) is 13.3 Å². The average Bonchev–Trinajstić information content (AvgIpc) is 3.21. The Kier molecular flexibility index (Phi) is 6.03. The Balaban J connectivity index is 1.94. The van der Waals surface area contributed by atoms with Crippen molar-refractivity contribution in [3.05, 3.63) is 90.8 Å². The Hall–Kier alpha value is -4.06. The van der Waals surface area contributed by atoms with Gasteiger partial charge in [-0.15, -0.1) is 0 Å². The number of hydrogen-bond donors (Lipinski definition) is 0. The van der Waals surface area contributed by atoms with E-state index in [1.165, 1.54) is 24.3 Å². The first-order chi connectivity index (χ1) is 17.0. The molecule has 0 aliphatic carbocycles. The van der Waals surface area contributed by atoms with E-state index in [2.05, 4.69) is 34.5 Å². The fourth-order valence-electron chi connectivity index (χ4n) is 4.70. The van der Waals surface area contributed by atoms with Crippen LogP contribution in [0.5, 0.6) is 0 Å². The van der Waals surface area contributed by atoms with E-state index in [9.17, 15) is 8.78 Å². The molecule has 6 heteroatoms. The van der Waals surface area contributed by atoms with Gasteiger partial charge in [0.1, 0.15) is 17.5 Å². The molecule has 0 atom stereocenters. The summed E-state index contributed by atoms with van der Waals surface area (Å²) < 4.78 is 29.9. The summed E-state index contributed by atoms with van der Waals surface area (Å²) in [4.78, 5) is 11.5. The fourth-order valence-corrected chi connectivity index (χ4v) is 4.70. The Morgan fingerprint density at radius 3 is 1.97 bits per heavy atom. The van der Waals surface area contributed by atoms with Crippen LogP contribution >= 0.6 is 0 Å². The van der Waals surface area contributed by atoms with Crippen LogP contribution in [0, 0.1) is 11.6 Å². The number of aromatic nitrogens is 3. The first-order valence-electron chi connectivity index (χ1n) is 11.6. The summed E-state index contributed by atoms with van der Waals surface area (Å²) in [5, 5.41) is 0. The molecular weight excluding hydrogens is 442 g/mol. The second-order valence-electron chi connectivity index (χ2n) is 8.68. The average molecular weight is 469 g/mol. The molecule has 0 unspecified atom stereocenters. The van der Waals surface area contributed by atoms with E-state index in [-0.39, 0.29) is 11.6 Å². The first-order valence-corrected chi connectivity index (χ1v) is 11.6. The topological polar surface area (TPSA) is 34.0 Å². The molecule has 35 heavy (non-hydrogen) atoms. The summed E-state index contributed by atoms with van der Waals surface area (Å²) in [6.07, 6.45) is 4.50. The summed E-state index contributed by atoms with van der Waals surface area (Å²) in [5.41, 5.74) is 6.95. The third-order valence-corrected chi connectivity index (χ3v) is 6.31. The molecule has 0 N–H and O–H groups in total. The van der Waals surface area contributed by atoms with Crippen LogP contribution < -0.4 is 4.90 Å². The largest absolute Gasteiger partial charge is 0.361 e. The number of hydrogen-bond acceptors (Lipinski definition) is 3. The van der Waals surface area contributed by atoms with Crippen molar-refractivity contribution in [2.75, 3.05) is 18.5 Å². The van der Waals surface area contributed by atoms with Crippen LogP contribution in [0.4, 0.5) is 14.6 Å². The molecule has 0 radical (unpaired) electrons. The number of rotatable bonds is 6. The van der Waals surface area contributed by atoms with Crippen LogP contribution in [-0.2, 0) is 7.05 Å². The number of pyridine rings is 2. The Morgan fingerprint density at radius 1 is 0.800 bits per heavy atom. The maximum atomic E-state index is 13.9. The maximum absolute atomic E-state index is 13.9. The van der Waals surface area contributed by atoms with Gasteiger partial charge in [-0.2, -0.15) is 0 Å². The normalized spacial score (nSPS) is 11.2. The Bertz CT molecular complexity index is 1470. The second kappa shape index (κ2) is 9.29. The van der Waals surface area contributed by atoms with Crippen molar-refractivity contribution < 1.29 is 8.78 Å². The number of fused-ring (bicyclic) bond motifs is 1. The molecule has 4 nitrogen and oxygen atoms in total. The van der Waals surface area contributed by atoms with Crippen LogP contribution in [0.3, 0.4) is 0 Å². The molecule has 0 spiro atoms. The van der Waals surface area contributed by atoms with Crippen molar-refractivity contribution in [2.45, 2.75) is 13.3 Å². The highest BCUT2D eigenvalue weighted by Crippen LogP contribution is 2.44. The van der Waals surface area contributed by atoms with Gasteiger partial charge in [0.25, 0.3) is 0 Å². The van der Waals surface area contributed by atoms with Gasteiger partial charge in [-0.25, -0.2) is 13.8 Å². The summed E-state index contributed by atoms with van der Waals surface area (Å²) >= 11 is 0. The predicted molar refractivity (Wildman–Crippen MR) is 138 cm³/mol. The smallest absolute Gasteiger partial charge is 0.123 e. The zero-order chi connectivity index (χ0) is 24.5. The highest BCUT2D eigenvalue weighted by atomic mass is 19.1. The van der Waals surface area contributed by atoms with E-state index in [4.69, 9.17) is 4.98 Å². The summed E-state index contributed by atoms with van der Waals surface area (Å²) in [5.74, 6) is 0.440. The van der Waals surface area contributed by atoms with E-state index in [0.717, 1.165) is 63.3 Å². The van der Waals surface area contributed by atoms with Gasteiger partial charge in [-0.1, -0.05) is 19.1 Å². The quantitative estimate of drug-likeness (QED) is 0.267. The van der Waals surface area contributed by atoms with Gasteiger partial charge in [0, 0.05) is 55.8 Å². The number of anilines is 1. The molecule has 0 saturated heterocycles. The van der Waals surface area contributed by atoms with Gasteiger partial charge in [0.15, 0.2) is 0 Å². The van der Waals surface area contributed by atoms with Crippen molar-refractivity contribution >= 4 is 16.9 Å². The summed E-state index contributed by atoms with van der Waals surface area (Å²) in [6.45, 7) is 3.05. The van der Waals surface area contributed by atoms with Gasteiger partial charge < -0.3 is 9.47 Å². The standard InChI is InChI=1S/C29H26F2N4/c1-4-17-34(2)25-18-24-29(35(25)3)27(19-5-9-22(30)10-6-19)26(20-13-15-32-16-14-20)28(33-24)21-7-11-23(31)12-8-21/h5-16,18H,4,17H2,1-3H3. The molecule has 0 aliphatic rings. The molecule has 176 valence electrons. The highest BCUT2D eigenvalue weighted by Gasteiger charge is 2.23. The summed E-state index contributed by atoms with van der Waals surface area (Å²) in [6, 6.07) is 18.9. The maximum Gasteiger partial charge on any atom is 0.123 e. The van der Waals surface area contributed by atoms with Crippen LogP contribution in [0.15, 0.2) is 79.1 Å². The molecule has 0 fully saturated rings. The monoisotopic (exact) mass is 468 g/mol. The van der Waals surface area contributed by atoms with E-state index in [1.54, 1.807) is 36.7 Å². The Morgan fingerprint density at radius 2 is 1.37 bits per heavy atom. The van der Waals surface area contributed by atoms with E-state index < -0.39 is 0 Å². The van der Waals surface area contributed by atoms with Gasteiger partial charge in [0.2, 0.25) is 0 Å². The molecule has 0 bridgehead atoms. The van der Waals surface area contributed by atoms with Gasteiger partial charge in [-0.3, -0.25) is 4.98 Å². The lowest BCUT2D eigenvalue weighted by Gasteiger charge is -2.20. The molecule has 3 aromatic heterocycles. The highest BCUT2D eigenvalue weighted by molar-refractivity contribution is 6.07. The molecule has 5 aromatic rings. The van der Waals surface area contributed by atoms with E-state index in [0.29, 0.717) is 0 Å². The fraction of sp³-hybridized carbons (Fsp3) is 0.172. The molecule has 0 aliphatic heterocycles. The van der Waals surface area contributed by atoms with Crippen molar-refractivity contribution in [3.63, 3.8) is 0 Å². The van der Waals surface area contributed by atoms with Crippen LogP contribution in [0.2, 0.25) is 0 Å².